The third-order valence-corrected chi connectivity index (χ3v) is 6.38. The number of amides is 1. The van der Waals surface area contributed by atoms with E-state index >= 15 is 0 Å². The first-order chi connectivity index (χ1) is 17.1. The molecule has 0 aliphatic carbocycles. The molecule has 0 bridgehead atoms. The zero-order valence-corrected chi connectivity index (χ0v) is 19.2. The molecule has 1 N–H and O–H groups in total. The average molecular weight is 471 g/mol. The number of hydrogen-bond acceptors (Lipinski definition) is 5. The molecular formula is C27H26N4O4. The largest absolute Gasteiger partial charge is 0.467 e. The number of piperazine rings is 1. The van der Waals surface area contributed by atoms with Crippen LogP contribution in [0.2, 0.25) is 0 Å². The molecule has 0 spiro atoms. The van der Waals surface area contributed by atoms with Crippen LogP contribution in [0.4, 0.5) is 0 Å². The fourth-order valence-corrected chi connectivity index (χ4v) is 4.60. The zero-order valence-electron chi connectivity index (χ0n) is 19.2. The lowest BCUT2D eigenvalue weighted by Gasteiger charge is -2.39. The fourth-order valence-electron chi connectivity index (χ4n) is 4.60. The maximum Gasteiger partial charge on any atom is 0.328 e. The summed E-state index contributed by atoms with van der Waals surface area (Å²) >= 11 is 0. The first-order valence-corrected chi connectivity index (χ1v) is 11.6. The molecular weight excluding hydrogens is 444 g/mol. The SMILES string of the molecule is O=C(c1c[nH]c(=O)n(Cc2ccco2)c1=O)N1CCN(C(c2ccccc2)c2ccccc2)CC1. The minimum atomic E-state index is -0.621. The lowest BCUT2D eigenvalue weighted by atomic mass is 9.96. The van der Waals surface area contributed by atoms with Gasteiger partial charge in [-0.3, -0.25) is 19.1 Å². The molecule has 5 rings (SSSR count). The number of aromatic nitrogens is 2. The second-order valence-electron chi connectivity index (χ2n) is 8.53. The number of nitrogens with zero attached hydrogens (tertiary/aromatic N) is 3. The summed E-state index contributed by atoms with van der Waals surface area (Å²) in [5, 5.41) is 0. The summed E-state index contributed by atoms with van der Waals surface area (Å²) in [6.07, 6.45) is 2.69. The lowest BCUT2D eigenvalue weighted by molar-refractivity contribution is 0.0594. The van der Waals surface area contributed by atoms with Gasteiger partial charge >= 0.3 is 5.69 Å². The predicted molar refractivity (Wildman–Crippen MR) is 131 cm³/mol. The van der Waals surface area contributed by atoms with Crippen molar-refractivity contribution in [2.75, 3.05) is 26.2 Å². The Morgan fingerprint density at radius 3 is 2.06 bits per heavy atom. The van der Waals surface area contributed by atoms with E-state index in [0.29, 0.717) is 31.9 Å². The molecule has 0 radical (unpaired) electrons. The molecule has 2 aromatic heterocycles. The van der Waals surface area contributed by atoms with E-state index in [1.54, 1.807) is 17.0 Å². The second-order valence-corrected chi connectivity index (χ2v) is 8.53. The highest BCUT2D eigenvalue weighted by atomic mass is 16.3. The number of nitrogens with one attached hydrogen (secondary N) is 1. The summed E-state index contributed by atoms with van der Waals surface area (Å²) in [5.74, 6) is 0.0822. The number of benzene rings is 2. The van der Waals surface area contributed by atoms with Gasteiger partial charge in [-0.15, -0.1) is 0 Å². The molecule has 8 heteroatoms. The van der Waals surface area contributed by atoms with Crippen LogP contribution in [-0.2, 0) is 6.54 Å². The monoisotopic (exact) mass is 470 g/mol. The Bertz CT molecular complexity index is 1350. The van der Waals surface area contributed by atoms with E-state index < -0.39 is 11.2 Å². The fraction of sp³-hybridized carbons (Fsp3) is 0.222. The summed E-state index contributed by atoms with van der Waals surface area (Å²) in [5.41, 5.74) is 1.14. The van der Waals surface area contributed by atoms with Crippen LogP contribution in [0.1, 0.15) is 33.3 Å². The number of H-pyrrole nitrogens is 1. The van der Waals surface area contributed by atoms with Gasteiger partial charge in [0.15, 0.2) is 0 Å². The van der Waals surface area contributed by atoms with Gasteiger partial charge in [0.25, 0.3) is 11.5 Å². The van der Waals surface area contributed by atoms with Crippen molar-refractivity contribution >= 4 is 5.91 Å². The molecule has 2 aromatic carbocycles. The molecule has 178 valence electrons. The summed E-state index contributed by atoms with van der Waals surface area (Å²) in [4.78, 5) is 45.0. The highest BCUT2D eigenvalue weighted by Gasteiger charge is 2.29. The Hall–Kier alpha value is -4.17. The molecule has 1 aliphatic heterocycles. The maximum atomic E-state index is 13.3. The van der Waals surface area contributed by atoms with Gasteiger partial charge in [0.1, 0.15) is 11.3 Å². The van der Waals surface area contributed by atoms with Crippen LogP contribution in [0, 0.1) is 0 Å². The lowest BCUT2D eigenvalue weighted by Crippen LogP contribution is -2.51. The third kappa shape index (κ3) is 4.74. The van der Waals surface area contributed by atoms with E-state index in [1.807, 2.05) is 36.4 Å². The average Bonchev–Trinajstić information content (AvgIpc) is 3.42. The minimum Gasteiger partial charge on any atom is -0.467 e. The molecule has 1 fully saturated rings. The number of rotatable bonds is 6. The molecule has 4 aromatic rings. The van der Waals surface area contributed by atoms with Crippen LogP contribution in [0.3, 0.4) is 0 Å². The number of aromatic amines is 1. The number of carbonyl (C=O) groups is 1. The van der Waals surface area contributed by atoms with Gasteiger partial charge in [0.05, 0.1) is 18.8 Å². The zero-order chi connectivity index (χ0) is 24.2. The van der Waals surface area contributed by atoms with Gasteiger partial charge < -0.3 is 14.3 Å². The van der Waals surface area contributed by atoms with E-state index in [-0.39, 0.29) is 24.1 Å². The van der Waals surface area contributed by atoms with Gasteiger partial charge in [-0.1, -0.05) is 60.7 Å². The molecule has 0 saturated carbocycles. The summed E-state index contributed by atoms with van der Waals surface area (Å²) in [6.45, 7) is 2.23. The van der Waals surface area contributed by atoms with E-state index in [4.69, 9.17) is 4.42 Å². The Morgan fingerprint density at radius 2 is 1.49 bits per heavy atom. The van der Waals surface area contributed by atoms with Crippen molar-refractivity contribution in [1.82, 2.24) is 19.4 Å². The molecule has 3 heterocycles. The van der Waals surface area contributed by atoms with Crippen molar-refractivity contribution in [3.05, 3.63) is 129 Å². The molecule has 1 saturated heterocycles. The summed E-state index contributed by atoms with van der Waals surface area (Å²) in [7, 11) is 0. The topological polar surface area (TPSA) is 91.5 Å². The van der Waals surface area contributed by atoms with Crippen LogP contribution < -0.4 is 11.2 Å². The molecule has 0 atom stereocenters. The Kier molecular flexibility index (Phi) is 6.45. The van der Waals surface area contributed by atoms with Crippen LogP contribution >= 0.6 is 0 Å². The quantitative estimate of drug-likeness (QED) is 0.468. The number of carbonyl (C=O) groups excluding carboxylic acids is 1. The van der Waals surface area contributed by atoms with E-state index in [2.05, 4.69) is 34.1 Å². The number of hydrogen-bond donors (Lipinski definition) is 1. The molecule has 0 unspecified atom stereocenters. The van der Waals surface area contributed by atoms with Gasteiger partial charge in [-0.25, -0.2) is 4.79 Å². The first-order valence-electron chi connectivity index (χ1n) is 11.6. The summed E-state index contributed by atoms with van der Waals surface area (Å²) in [6, 6.07) is 24.1. The van der Waals surface area contributed by atoms with E-state index in [1.165, 1.54) is 23.6 Å². The van der Waals surface area contributed by atoms with E-state index in [0.717, 1.165) is 4.57 Å². The normalized spacial score (nSPS) is 14.4. The van der Waals surface area contributed by atoms with Crippen molar-refractivity contribution in [3.63, 3.8) is 0 Å². The Balaban J connectivity index is 1.34. The second kappa shape index (κ2) is 9.99. The molecule has 8 nitrogen and oxygen atoms in total. The molecule has 1 amide bonds. The van der Waals surface area contributed by atoms with Crippen LogP contribution in [0.15, 0.2) is 99.3 Å². The highest BCUT2D eigenvalue weighted by Crippen LogP contribution is 2.29. The predicted octanol–water partition coefficient (Wildman–Crippen LogP) is 2.73. The highest BCUT2D eigenvalue weighted by molar-refractivity contribution is 5.93. The van der Waals surface area contributed by atoms with E-state index in [9.17, 15) is 14.4 Å². The number of furan rings is 1. The Morgan fingerprint density at radius 1 is 0.857 bits per heavy atom. The van der Waals surface area contributed by atoms with Crippen molar-refractivity contribution in [2.45, 2.75) is 12.6 Å². The minimum absolute atomic E-state index is 0.0358. The summed E-state index contributed by atoms with van der Waals surface area (Å²) < 4.78 is 6.25. The third-order valence-electron chi connectivity index (χ3n) is 6.38. The van der Waals surface area contributed by atoms with Crippen LogP contribution in [0.25, 0.3) is 0 Å². The standard InChI is InChI=1S/C27H26N4O4/c32-25(23-18-28-27(34)31(26(23)33)19-22-12-7-17-35-22)30-15-13-29(14-16-30)24(20-8-3-1-4-9-20)21-10-5-2-6-11-21/h1-12,17-18,24H,13-16,19H2,(H,28,34). The van der Waals surface area contributed by atoms with Crippen LogP contribution in [0.5, 0.6) is 0 Å². The smallest absolute Gasteiger partial charge is 0.328 e. The van der Waals surface area contributed by atoms with Crippen molar-refractivity contribution < 1.29 is 9.21 Å². The van der Waals surface area contributed by atoms with Crippen molar-refractivity contribution in [2.24, 2.45) is 0 Å². The first kappa shape index (κ1) is 22.6. The van der Waals surface area contributed by atoms with Crippen LogP contribution in [-0.4, -0.2) is 51.4 Å². The van der Waals surface area contributed by atoms with Crippen molar-refractivity contribution in [1.29, 1.82) is 0 Å². The van der Waals surface area contributed by atoms with Gasteiger partial charge in [0, 0.05) is 32.4 Å². The maximum absolute atomic E-state index is 13.3. The van der Waals surface area contributed by atoms with Gasteiger partial charge in [-0.2, -0.15) is 0 Å². The van der Waals surface area contributed by atoms with Crippen molar-refractivity contribution in [3.8, 4) is 0 Å². The molecule has 1 aliphatic rings. The van der Waals surface area contributed by atoms with Gasteiger partial charge in [0.2, 0.25) is 0 Å². The molecule has 35 heavy (non-hydrogen) atoms. The Labute approximate surface area is 202 Å². The van der Waals surface area contributed by atoms with Gasteiger partial charge in [-0.05, 0) is 23.3 Å².